The molecule has 2 amide bonds. The van der Waals surface area contributed by atoms with Crippen molar-refractivity contribution in [3.63, 3.8) is 0 Å². The molecule has 0 saturated carbocycles. The summed E-state index contributed by atoms with van der Waals surface area (Å²) in [6, 6.07) is 0. The molecule has 0 unspecified atom stereocenters. The SMILES string of the molecule is CNc1nnc(C(=O)NCC(=O)NCC(C)C)s1. The van der Waals surface area contributed by atoms with E-state index in [0.29, 0.717) is 17.6 Å². The van der Waals surface area contributed by atoms with Crippen LogP contribution in [-0.2, 0) is 4.79 Å². The lowest BCUT2D eigenvalue weighted by Crippen LogP contribution is -2.38. The second-order valence-electron chi connectivity index (χ2n) is 4.04. The molecule has 0 fully saturated rings. The van der Waals surface area contributed by atoms with Crippen molar-refractivity contribution >= 4 is 28.3 Å². The van der Waals surface area contributed by atoms with Crippen molar-refractivity contribution in [2.45, 2.75) is 13.8 Å². The molecule has 0 aromatic carbocycles. The molecule has 1 aromatic rings. The molecule has 18 heavy (non-hydrogen) atoms. The first-order valence-corrected chi connectivity index (χ1v) is 6.40. The van der Waals surface area contributed by atoms with Crippen molar-refractivity contribution in [3.05, 3.63) is 5.01 Å². The Kier molecular flexibility index (Phi) is 5.50. The molecule has 3 N–H and O–H groups in total. The molecule has 1 rings (SSSR count). The lowest BCUT2D eigenvalue weighted by atomic mass is 10.2. The average Bonchev–Trinajstić information content (AvgIpc) is 2.82. The largest absolute Gasteiger partial charge is 0.363 e. The molecule has 0 atom stereocenters. The van der Waals surface area contributed by atoms with Crippen LogP contribution in [0.15, 0.2) is 0 Å². The van der Waals surface area contributed by atoms with E-state index in [1.807, 2.05) is 13.8 Å². The summed E-state index contributed by atoms with van der Waals surface area (Å²) in [4.78, 5) is 23.0. The molecular formula is C10H17N5O2S. The van der Waals surface area contributed by atoms with Crippen molar-refractivity contribution in [3.8, 4) is 0 Å². The van der Waals surface area contributed by atoms with Crippen LogP contribution in [0.25, 0.3) is 0 Å². The van der Waals surface area contributed by atoms with E-state index in [2.05, 4.69) is 26.1 Å². The van der Waals surface area contributed by atoms with Crippen LogP contribution in [0.3, 0.4) is 0 Å². The highest BCUT2D eigenvalue weighted by Crippen LogP contribution is 2.13. The molecule has 0 radical (unpaired) electrons. The smallest absolute Gasteiger partial charge is 0.282 e. The number of nitrogens with zero attached hydrogens (tertiary/aromatic N) is 2. The molecule has 7 nitrogen and oxygen atoms in total. The van der Waals surface area contributed by atoms with Crippen molar-refractivity contribution in [1.82, 2.24) is 20.8 Å². The lowest BCUT2D eigenvalue weighted by Gasteiger charge is -2.07. The van der Waals surface area contributed by atoms with Crippen molar-refractivity contribution < 1.29 is 9.59 Å². The van der Waals surface area contributed by atoms with E-state index < -0.39 is 5.91 Å². The molecule has 1 heterocycles. The third-order valence-electron chi connectivity index (χ3n) is 1.95. The van der Waals surface area contributed by atoms with Gasteiger partial charge < -0.3 is 16.0 Å². The third kappa shape index (κ3) is 4.66. The quantitative estimate of drug-likeness (QED) is 0.681. The van der Waals surface area contributed by atoms with E-state index >= 15 is 0 Å². The van der Waals surface area contributed by atoms with Crippen LogP contribution < -0.4 is 16.0 Å². The zero-order chi connectivity index (χ0) is 13.5. The molecule has 0 aliphatic carbocycles. The van der Waals surface area contributed by atoms with Gasteiger partial charge in [0.1, 0.15) is 0 Å². The Labute approximate surface area is 109 Å². The molecule has 0 aliphatic heterocycles. The van der Waals surface area contributed by atoms with Crippen LogP contribution in [0, 0.1) is 5.92 Å². The van der Waals surface area contributed by atoms with Crippen LogP contribution in [0.2, 0.25) is 0 Å². The maximum atomic E-state index is 11.6. The molecule has 0 spiro atoms. The number of carbonyl (C=O) groups excluding carboxylic acids is 2. The van der Waals surface area contributed by atoms with Crippen LogP contribution in [0.4, 0.5) is 5.13 Å². The topological polar surface area (TPSA) is 96.0 Å². The van der Waals surface area contributed by atoms with E-state index in [1.165, 1.54) is 0 Å². The minimum absolute atomic E-state index is 0.0555. The Morgan fingerprint density at radius 1 is 1.28 bits per heavy atom. The number of carbonyl (C=O) groups is 2. The van der Waals surface area contributed by atoms with Crippen molar-refractivity contribution in [1.29, 1.82) is 0 Å². The van der Waals surface area contributed by atoms with Gasteiger partial charge in [0.25, 0.3) is 5.91 Å². The number of aromatic nitrogens is 2. The zero-order valence-corrected chi connectivity index (χ0v) is 11.4. The fraction of sp³-hybridized carbons (Fsp3) is 0.600. The van der Waals surface area contributed by atoms with Gasteiger partial charge in [0, 0.05) is 13.6 Å². The first-order chi connectivity index (χ1) is 8.52. The number of hydrogen-bond donors (Lipinski definition) is 3. The molecule has 0 bridgehead atoms. The Hall–Kier alpha value is -1.70. The fourth-order valence-corrected chi connectivity index (χ4v) is 1.65. The van der Waals surface area contributed by atoms with Crippen LogP contribution in [-0.4, -0.2) is 42.1 Å². The third-order valence-corrected chi connectivity index (χ3v) is 2.89. The van der Waals surface area contributed by atoms with Gasteiger partial charge in [0.2, 0.25) is 16.0 Å². The van der Waals surface area contributed by atoms with E-state index in [4.69, 9.17) is 0 Å². The second-order valence-corrected chi connectivity index (χ2v) is 5.02. The maximum absolute atomic E-state index is 11.6. The van der Waals surface area contributed by atoms with Crippen LogP contribution in [0.5, 0.6) is 0 Å². The van der Waals surface area contributed by atoms with E-state index in [0.717, 1.165) is 11.3 Å². The number of anilines is 1. The van der Waals surface area contributed by atoms with Gasteiger partial charge in [-0.3, -0.25) is 9.59 Å². The van der Waals surface area contributed by atoms with E-state index in [9.17, 15) is 9.59 Å². The fourth-order valence-electron chi connectivity index (χ4n) is 1.03. The van der Waals surface area contributed by atoms with Gasteiger partial charge >= 0.3 is 0 Å². The summed E-state index contributed by atoms with van der Waals surface area (Å²) in [5, 5.41) is 16.2. The van der Waals surface area contributed by atoms with E-state index in [-0.39, 0.29) is 17.5 Å². The highest BCUT2D eigenvalue weighted by atomic mass is 32.1. The van der Waals surface area contributed by atoms with Gasteiger partial charge in [0.05, 0.1) is 6.54 Å². The first kappa shape index (κ1) is 14.4. The molecule has 1 aromatic heterocycles. The summed E-state index contributed by atoms with van der Waals surface area (Å²) in [6.45, 7) is 4.54. The summed E-state index contributed by atoms with van der Waals surface area (Å²) in [7, 11) is 1.70. The normalized spacial score (nSPS) is 10.2. The van der Waals surface area contributed by atoms with Gasteiger partial charge in [-0.05, 0) is 5.92 Å². The number of amides is 2. The monoisotopic (exact) mass is 271 g/mol. The number of hydrogen-bond acceptors (Lipinski definition) is 6. The first-order valence-electron chi connectivity index (χ1n) is 5.59. The summed E-state index contributed by atoms with van der Waals surface area (Å²) < 4.78 is 0. The second kappa shape index (κ2) is 6.90. The Morgan fingerprint density at radius 3 is 2.56 bits per heavy atom. The standard InChI is InChI=1S/C10H17N5O2S/c1-6(2)4-12-7(16)5-13-8(17)9-14-15-10(11-3)18-9/h6H,4-5H2,1-3H3,(H,11,15)(H,12,16)(H,13,17). The van der Waals surface area contributed by atoms with Crippen LogP contribution in [0.1, 0.15) is 23.6 Å². The Balaban J connectivity index is 2.34. The summed E-state index contributed by atoms with van der Waals surface area (Å²) in [5.41, 5.74) is 0. The molecular weight excluding hydrogens is 254 g/mol. The Morgan fingerprint density at radius 2 is 2.00 bits per heavy atom. The predicted molar refractivity (Wildman–Crippen MR) is 69.6 cm³/mol. The van der Waals surface area contributed by atoms with Gasteiger partial charge in [-0.1, -0.05) is 25.2 Å². The van der Waals surface area contributed by atoms with Gasteiger partial charge in [-0.15, -0.1) is 10.2 Å². The molecule has 0 aliphatic rings. The summed E-state index contributed by atoms with van der Waals surface area (Å²) in [6.07, 6.45) is 0. The summed E-state index contributed by atoms with van der Waals surface area (Å²) >= 11 is 1.13. The van der Waals surface area contributed by atoms with Gasteiger partial charge in [-0.25, -0.2) is 0 Å². The van der Waals surface area contributed by atoms with Crippen LogP contribution >= 0.6 is 11.3 Å². The molecule has 8 heteroatoms. The average molecular weight is 271 g/mol. The zero-order valence-electron chi connectivity index (χ0n) is 10.6. The minimum atomic E-state index is -0.395. The number of nitrogens with one attached hydrogen (secondary N) is 3. The van der Waals surface area contributed by atoms with Gasteiger partial charge in [-0.2, -0.15) is 0 Å². The lowest BCUT2D eigenvalue weighted by molar-refractivity contribution is -0.120. The summed E-state index contributed by atoms with van der Waals surface area (Å²) in [5.74, 6) is -0.227. The highest BCUT2D eigenvalue weighted by molar-refractivity contribution is 7.17. The van der Waals surface area contributed by atoms with Gasteiger partial charge in [0.15, 0.2) is 0 Å². The van der Waals surface area contributed by atoms with Crippen molar-refractivity contribution in [2.75, 3.05) is 25.5 Å². The maximum Gasteiger partial charge on any atom is 0.282 e. The minimum Gasteiger partial charge on any atom is -0.363 e. The Bertz CT molecular complexity index is 418. The predicted octanol–water partition coefficient (Wildman–Crippen LogP) is 0.0818. The van der Waals surface area contributed by atoms with E-state index in [1.54, 1.807) is 7.05 Å². The molecule has 100 valence electrons. The number of rotatable bonds is 6. The van der Waals surface area contributed by atoms with Crippen molar-refractivity contribution in [2.24, 2.45) is 5.92 Å². The highest BCUT2D eigenvalue weighted by Gasteiger charge is 2.13. The molecule has 0 saturated heterocycles.